The predicted octanol–water partition coefficient (Wildman–Crippen LogP) is 3.69. The first-order valence-electron chi connectivity index (χ1n) is 4.15. The molecule has 0 fully saturated rings. The van der Waals surface area contributed by atoms with E-state index in [-0.39, 0.29) is 0 Å². The van der Waals surface area contributed by atoms with Crippen LogP contribution >= 0.6 is 23.2 Å². The maximum Gasteiger partial charge on any atom is 0.200 e. The second kappa shape index (κ2) is 3.64. The van der Waals surface area contributed by atoms with Crippen molar-refractivity contribution in [2.75, 3.05) is 0 Å². The standard InChI is InChI=1S/C10H8Cl2N2/c1-6-9(14-10(12)13-6)7-2-4-8(11)5-3-7/h2-5H,1H3,(H,13,14). The molecule has 0 aliphatic rings. The van der Waals surface area contributed by atoms with Crippen molar-refractivity contribution in [3.63, 3.8) is 0 Å². The maximum absolute atomic E-state index is 5.79. The Morgan fingerprint density at radius 1 is 1.14 bits per heavy atom. The second-order valence-corrected chi connectivity index (χ2v) is 3.80. The van der Waals surface area contributed by atoms with Crippen LogP contribution in [0.2, 0.25) is 10.3 Å². The summed E-state index contributed by atoms with van der Waals surface area (Å²) in [6, 6.07) is 7.50. The zero-order chi connectivity index (χ0) is 10.1. The van der Waals surface area contributed by atoms with Gasteiger partial charge in [-0.05, 0) is 30.7 Å². The Balaban J connectivity index is 2.49. The van der Waals surface area contributed by atoms with E-state index in [0.29, 0.717) is 10.3 Å². The van der Waals surface area contributed by atoms with Gasteiger partial charge in [-0.1, -0.05) is 23.7 Å². The Labute approximate surface area is 91.9 Å². The van der Waals surface area contributed by atoms with Gasteiger partial charge in [-0.2, -0.15) is 0 Å². The van der Waals surface area contributed by atoms with Crippen molar-refractivity contribution < 1.29 is 0 Å². The molecule has 14 heavy (non-hydrogen) atoms. The molecule has 1 N–H and O–H groups in total. The number of nitrogens with zero attached hydrogens (tertiary/aromatic N) is 1. The number of H-pyrrole nitrogens is 1. The highest BCUT2D eigenvalue weighted by Gasteiger charge is 2.06. The molecule has 2 aromatic rings. The summed E-state index contributed by atoms with van der Waals surface area (Å²) in [4.78, 5) is 7.12. The van der Waals surface area contributed by atoms with Crippen molar-refractivity contribution in [1.82, 2.24) is 9.97 Å². The molecule has 1 heterocycles. The summed E-state index contributed by atoms with van der Waals surface area (Å²) in [7, 11) is 0. The number of aromatic amines is 1. The Morgan fingerprint density at radius 2 is 1.79 bits per heavy atom. The third-order valence-electron chi connectivity index (χ3n) is 1.97. The van der Waals surface area contributed by atoms with Gasteiger partial charge in [0, 0.05) is 16.3 Å². The van der Waals surface area contributed by atoms with Gasteiger partial charge in [-0.3, -0.25) is 0 Å². The Kier molecular flexibility index (Phi) is 2.48. The van der Waals surface area contributed by atoms with E-state index in [4.69, 9.17) is 23.2 Å². The normalized spacial score (nSPS) is 10.5. The molecule has 0 atom stereocenters. The van der Waals surface area contributed by atoms with Gasteiger partial charge >= 0.3 is 0 Å². The summed E-state index contributed by atoms with van der Waals surface area (Å²) in [5, 5.41) is 1.13. The summed E-state index contributed by atoms with van der Waals surface area (Å²) in [5.41, 5.74) is 2.83. The van der Waals surface area contributed by atoms with Crippen LogP contribution in [0.15, 0.2) is 24.3 Å². The molecule has 0 aliphatic carbocycles. The van der Waals surface area contributed by atoms with E-state index in [0.717, 1.165) is 17.0 Å². The smallest absolute Gasteiger partial charge is 0.200 e. The molecule has 1 aromatic carbocycles. The van der Waals surface area contributed by atoms with Crippen molar-refractivity contribution in [1.29, 1.82) is 0 Å². The largest absolute Gasteiger partial charge is 0.332 e. The predicted molar refractivity (Wildman–Crippen MR) is 58.8 cm³/mol. The zero-order valence-electron chi connectivity index (χ0n) is 7.51. The number of imidazole rings is 1. The van der Waals surface area contributed by atoms with E-state index >= 15 is 0 Å². The highest BCUT2D eigenvalue weighted by molar-refractivity contribution is 6.30. The van der Waals surface area contributed by atoms with E-state index < -0.39 is 0 Å². The van der Waals surface area contributed by atoms with Crippen LogP contribution in [0.4, 0.5) is 0 Å². The fraction of sp³-hybridized carbons (Fsp3) is 0.100. The number of nitrogens with one attached hydrogen (secondary N) is 1. The van der Waals surface area contributed by atoms with Crippen molar-refractivity contribution in [3.8, 4) is 11.3 Å². The summed E-state index contributed by atoms with van der Waals surface area (Å²) >= 11 is 11.5. The molecule has 4 heteroatoms. The van der Waals surface area contributed by atoms with Crippen molar-refractivity contribution >= 4 is 23.2 Å². The number of benzene rings is 1. The van der Waals surface area contributed by atoms with Crippen molar-refractivity contribution in [2.45, 2.75) is 6.92 Å². The highest BCUT2D eigenvalue weighted by Crippen LogP contribution is 2.23. The van der Waals surface area contributed by atoms with Crippen LogP contribution in [-0.2, 0) is 0 Å². The lowest BCUT2D eigenvalue weighted by Crippen LogP contribution is -1.80. The molecule has 0 radical (unpaired) electrons. The minimum absolute atomic E-state index is 0.410. The van der Waals surface area contributed by atoms with Gasteiger partial charge in [0.05, 0.1) is 5.69 Å². The third-order valence-corrected chi connectivity index (χ3v) is 2.40. The minimum Gasteiger partial charge on any atom is -0.332 e. The molecule has 0 saturated heterocycles. The average Bonchev–Trinajstić information content (AvgIpc) is 2.47. The molecule has 0 bridgehead atoms. The molecule has 2 nitrogen and oxygen atoms in total. The van der Waals surface area contributed by atoms with Crippen LogP contribution < -0.4 is 0 Å². The van der Waals surface area contributed by atoms with Crippen molar-refractivity contribution in [2.24, 2.45) is 0 Å². The van der Waals surface area contributed by atoms with Gasteiger partial charge in [0.15, 0.2) is 0 Å². The molecule has 72 valence electrons. The Morgan fingerprint density at radius 3 is 2.29 bits per heavy atom. The Bertz CT molecular complexity index is 446. The van der Waals surface area contributed by atoms with Gasteiger partial charge < -0.3 is 4.98 Å². The first kappa shape index (κ1) is 9.56. The van der Waals surface area contributed by atoms with Gasteiger partial charge in [0.25, 0.3) is 0 Å². The lowest BCUT2D eigenvalue weighted by atomic mass is 10.1. The number of hydrogen-bond donors (Lipinski definition) is 1. The summed E-state index contributed by atoms with van der Waals surface area (Å²) < 4.78 is 0. The van der Waals surface area contributed by atoms with Crippen LogP contribution in [0.3, 0.4) is 0 Å². The van der Waals surface area contributed by atoms with Crippen LogP contribution in [0, 0.1) is 6.92 Å². The van der Waals surface area contributed by atoms with Gasteiger partial charge in [-0.15, -0.1) is 0 Å². The summed E-state index contributed by atoms with van der Waals surface area (Å²) in [5.74, 6) is 0. The van der Waals surface area contributed by atoms with Crippen molar-refractivity contribution in [3.05, 3.63) is 40.3 Å². The van der Waals surface area contributed by atoms with Gasteiger partial charge in [-0.25, -0.2) is 4.98 Å². The van der Waals surface area contributed by atoms with Crippen LogP contribution in [-0.4, -0.2) is 9.97 Å². The second-order valence-electron chi connectivity index (χ2n) is 3.01. The zero-order valence-corrected chi connectivity index (χ0v) is 9.02. The fourth-order valence-corrected chi connectivity index (χ4v) is 1.66. The number of hydrogen-bond acceptors (Lipinski definition) is 1. The molecule has 2 rings (SSSR count). The molecular weight excluding hydrogens is 219 g/mol. The average molecular weight is 227 g/mol. The molecule has 1 aromatic heterocycles. The van der Waals surface area contributed by atoms with Crippen LogP contribution in [0.1, 0.15) is 5.69 Å². The molecule has 0 spiro atoms. The van der Waals surface area contributed by atoms with E-state index in [1.807, 2.05) is 31.2 Å². The van der Waals surface area contributed by atoms with E-state index in [2.05, 4.69) is 9.97 Å². The van der Waals surface area contributed by atoms with E-state index in [1.54, 1.807) is 0 Å². The topological polar surface area (TPSA) is 28.7 Å². The third kappa shape index (κ3) is 1.76. The number of rotatable bonds is 1. The first-order chi connectivity index (χ1) is 6.66. The first-order valence-corrected chi connectivity index (χ1v) is 4.90. The molecule has 0 saturated carbocycles. The van der Waals surface area contributed by atoms with E-state index in [9.17, 15) is 0 Å². The van der Waals surface area contributed by atoms with E-state index in [1.165, 1.54) is 0 Å². The van der Waals surface area contributed by atoms with Crippen LogP contribution in [0.5, 0.6) is 0 Å². The quantitative estimate of drug-likeness (QED) is 0.790. The number of halogens is 2. The SMILES string of the molecule is Cc1[nH]c(Cl)nc1-c1ccc(Cl)cc1. The number of aromatic nitrogens is 2. The number of aryl methyl sites for hydroxylation is 1. The molecular formula is C10H8Cl2N2. The lowest BCUT2D eigenvalue weighted by molar-refractivity contribution is 1.25. The minimum atomic E-state index is 0.410. The summed E-state index contributed by atoms with van der Waals surface area (Å²) in [6.07, 6.45) is 0. The lowest BCUT2D eigenvalue weighted by Gasteiger charge is -1.97. The monoisotopic (exact) mass is 226 g/mol. The molecule has 0 unspecified atom stereocenters. The maximum atomic E-state index is 5.79. The van der Waals surface area contributed by atoms with Gasteiger partial charge in [0.2, 0.25) is 5.28 Å². The summed E-state index contributed by atoms with van der Waals surface area (Å²) in [6.45, 7) is 1.93. The van der Waals surface area contributed by atoms with Gasteiger partial charge in [0.1, 0.15) is 0 Å². The Hall–Kier alpha value is -0.990. The van der Waals surface area contributed by atoms with Crippen LogP contribution in [0.25, 0.3) is 11.3 Å². The fourth-order valence-electron chi connectivity index (χ4n) is 1.31. The molecule has 0 aliphatic heterocycles. The highest BCUT2D eigenvalue weighted by atomic mass is 35.5. The molecule has 0 amide bonds.